The molecule has 0 saturated carbocycles. The lowest BCUT2D eigenvalue weighted by atomic mass is 9.79. The number of aliphatic hydroxyl groups excluding tert-OH is 5. The SMILES string of the molecule is Nc1nccc2c1CSSC[C@H](CO)[C@H](O)[C@@H](Oc1cc([C@H]3C=C[C@H]4C#C[C@H](CCO)CCCC[C@H](O)[C@@H]4[C@H](O)C3)ccc1O)C[C@H]2Cc1ccc[n-]1. The van der Waals surface area contributed by atoms with Crippen molar-refractivity contribution in [3.63, 3.8) is 0 Å². The second kappa shape index (κ2) is 18.9. The summed E-state index contributed by atoms with van der Waals surface area (Å²) in [6.45, 7) is -0.168. The molecule has 8 N–H and O–H groups in total. The maximum absolute atomic E-state index is 11.9. The molecule has 12 heteroatoms. The standard InChI is InChI=1S/C41H52N3O7S2/c42-41-33-24-53-52-23-30(22-46)40(50)38(21-29(32(33)13-16-44-41)18-31-5-3-15-43-31)51-37-20-28(11-12-34(37)47)27-10-9-26-8-7-25(14-17-45)4-1-2-6-35(48)39(26)36(49)19-27/h3,5,9-13,15-16,20,25-27,29-30,35-36,38-40,45-50H,1-2,4,6,14,17-19,21-24H2,(H2,42,44)/q-1/t25-,26-,27+,29-,30+,35+,36-,38+,39-,40+/m1/s1. The number of aliphatic hydroxyl groups is 5. The Hall–Kier alpha value is -3.15. The maximum atomic E-state index is 11.9. The van der Waals surface area contributed by atoms with Gasteiger partial charge in [-0.2, -0.15) is 11.9 Å². The van der Waals surface area contributed by atoms with Crippen LogP contribution in [0.25, 0.3) is 0 Å². The van der Waals surface area contributed by atoms with Crippen molar-refractivity contribution >= 4 is 27.4 Å². The van der Waals surface area contributed by atoms with Gasteiger partial charge in [-0.25, -0.2) is 4.98 Å². The van der Waals surface area contributed by atoms with Gasteiger partial charge in [0.2, 0.25) is 0 Å². The van der Waals surface area contributed by atoms with E-state index in [9.17, 15) is 30.6 Å². The van der Waals surface area contributed by atoms with Gasteiger partial charge in [0.1, 0.15) is 11.9 Å². The molecule has 1 aromatic carbocycles. The van der Waals surface area contributed by atoms with E-state index in [0.717, 1.165) is 41.6 Å². The van der Waals surface area contributed by atoms with E-state index in [-0.39, 0.29) is 48.4 Å². The fourth-order valence-electron chi connectivity index (χ4n) is 8.05. The fourth-order valence-corrected chi connectivity index (χ4v) is 10.6. The van der Waals surface area contributed by atoms with Crippen LogP contribution in [0.4, 0.5) is 5.82 Å². The molecule has 53 heavy (non-hydrogen) atoms. The van der Waals surface area contributed by atoms with Crippen LogP contribution in [0.1, 0.15) is 79.2 Å². The second-order valence-corrected chi connectivity index (χ2v) is 17.1. The van der Waals surface area contributed by atoms with Gasteiger partial charge < -0.3 is 46.1 Å². The van der Waals surface area contributed by atoms with E-state index < -0.39 is 36.3 Å². The van der Waals surface area contributed by atoms with Gasteiger partial charge in [-0.3, -0.25) is 0 Å². The number of benzene rings is 1. The third-order valence-corrected chi connectivity index (χ3v) is 13.5. The zero-order valence-corrected chi connectivity index (χ0v) is 31.5. The van der Waals surface area contributed by atoms with E-state index in [4.69, 9.17) is 10.5 Å². The Bertz CT molecular complexity index is 1710. The molecule has 1 aliphatic heterocycles. The van der Waals surface area contributed by atoms with E-state index in [2.05, 4.69) is 21.8 Å². The molecular formula is C41H52N3O7S2-. The number of aromatic hydroxyl groups is 1. The summed E-state index contributed by atoms with van der Waals surface area (Å²) in [4.78, 5) is 8.91. The van der Waals surface area contributed by atoms with Crippen molar-refractivity contribution in [2.24, 2.45) is 23.7 Å². The predicted molar refractivity (Wildman–Crippen MR) is 209 cm³/mol. The molecule has 10 nitrogen and oxygen atoms in total. The Morgan fingerprint density at radius 1 is 0.981 bits per heavy atom. The molecule has 0 fully saturated rings. The molecule has 0 spiro atoms. The Labute approximate surface area is 320 Å². The molecule has 0 radical (unpaired) electrons. The third-order valence-electron chi connectivity index (χ3n) is 11.1. The molecule has 2 aromatic heterocycles. The van der Waals surface area contributed by atoms with Crippen LogP contribution in [0.3, 0.4) is 0 Å². The van der Waals surface area contributed by atoms with Crippen LogP contribution in [0.2, 0.25) is 0 Å². The Balaban J connectivity index is 1.32. The molecular weight excluding hydrogens is 711 g/mol. The Morgan fingerprint density at radius 3 is 2.62 bits per heavy atom. The van der Waals surface area contributed by atoms with Crippen molar-refractivity contribution in [2.75, 3.05) is 24.7 Å². The van der Waals surface area contributed by atoms with Crippen LogP contribution in [0.5, 0.6) is 11.5 Å². The molecule has 3 heterocycles. The molecule has 2 aliphatic carbocycles. The molecule has 10 atom stereocenters. The summed E-state index contributed by atoms with van der Waals surface area (Å²) in [6.07, 6.45) is 9.08. The number of phenolic OH excluding ortho intramolecular Hbond substituents is 1. The van der Waals surface area contributed by atoms with Gasteiger partial charge in [-0.15, -0.1) is 0 Å². The topological polar surface area (TPSA) is 184 Å². The zero-order chi connectivity index (χ0) is 37.3. The predicted octanol–water partition coefficient (Wildman–Crippen LogP) is 4.93. The normalized spacial score (nSPS) is 31.1. The summed E-state index contributed by atoms with van der Waals surface area (Å²) in [6, 6.07) is 11.0. The van der Waals surface area contributed by atoms with Crippen molar-refractivity contribution in [2.45, 2.75) is 93.4 Å². The minimum Gasteiger partial charge on any atom is -0.668 e. The largest absolute Gasteiger partial charge is 0.668 e. The van der Waals surface area contributed by atoms with Crippen LogP contribution in [0, 0.1) is 35.5 Å². The summed E-state index contributed by atoms with van der Waals surface area (Å²) in [5.74, 6) is 6.66. The maximum Gasteiger partial charge on any atom is 0.161 e. The van der Waals surface area contributed by atoms with Crippen LogP contribution in [-0.2, 0) is 12.2 Å². The number of ether oxygens (including phenoxy) is 1. The van der Waals surface area contributed by atoms with Crippen molar-refractivity contribution in [1.29, 1.82) is 0 Å². The van der Waals surface area contributed by atoms with Gasteiger partial charge in [-0.1, -0.05) is 76.6 Å². The number of hydrogen-bond donors (Lipinski definition) is 7. The highest BCUT2D eigenvalue weighted by molar-refractivity contribution is 8.76. The third kappa shape index (κ3) is 9.94. The van der Waals surface area contributed by atoms with Gasteiger partial charge >= 0.3 is 0 Å². The number of anilines is 1. The number of nitrogen functional groups attached to an aromatic ring is 1. The monoisotopic (exact) mass is 762 g/mol. The van der Waals surface area contributed by atoms with Crippen LogP contribution >= 0.6 is 21.6 Å². The van der Waals surface area contributed by atoms with E-state index in [0.29, 0.717) is 49.4 Å². The Kier molecular flexibility index (Phi) is 14.1. The summed E-state index contributed by atoms with van der Waals surface area (Å²) in [5, 5.41) is 65.9. The van der Waals surface area contributed by atoms with Crippen molar-refractivity contribution in [3.05, 3.63) is 83.3 Å². The van der Waals surface area contributed by atoms with Gasteiger partial charge in [0.15, 0.2) is 11.5 Å². The van der Waals surface area contributed by atoms with Crippen molar-refractivity contribution < 1.29 is 35.4 Å². The summed E-state index contributed by atoms with van der Waals surface area (Å²) in [7, 11) is 3.16. The first-order valence-electron chi connectivity index (χ1n) is 18.7. The minimum atomic E-state index is -1.06. The summed E-state index contributed by atoms with van der Waals surface area (Å²) >= 11 is 0. The number of nitrogens with zero attached hydrogens (tertiary/aromatic N) is 2. The number of pyridine rings is 1. The highest BCUT2D eigenvalue weighted by Crippen LogP contribution is 2.42. The number of hydrogen-bond acceptors (Lipinski definition) is 11. The molecule has 0 saturated heterocycles. The first-order chi connectivity index (χ1) is 25.7. The lowest BCUT2D eigenvalue weighted by molar-refractivity contribution is -0.0195. The first kappa shape index (κ1) is 39.5. The van der Waals surface area contributed by atoms with Gasteiger partial charge in [0.25, 0.3) is 0 Å². The number of aromatic nitrogens is 2. The summed E-state index contributed by atoms with van der Waals surface area (Å²) < 4.78 is 6.63. The highest BCUT2D eigenvalue weighted by Gasteiger charge is 2.37. The molecule has 3 aromatic rings. The quantitative estimate of drug-likeness (QED) is 0.0935. The average molecular weight is 763 g/mol. The number of fused-ring (bicyclic) bond motifs is 2. The van der Waals surface area contributed by atoms with Crippen LogP contribution in [-0.4, -0.2) is 79.0 Å². The van der Waals surface area contributed by atoms with Crippen molar-refractivity contribution in [3.8, 4) is 23.3 Å². The first-order valence-corrected chi connectivity index (χ1v) is 21.2. The fraction of sp³-hybridized carbons (Fsp3) is 0.537. The van der Waals surface area contributed by atoms with Crippen LogP contribution in [0.15, 0.2) is 60.9 Å². The second-order valence-electron chi connectivity index (χ2n) is 14.6. The number of nitrogens with two attached hydrogens (primary N) is 1. The lowest BCUT2D eigenvalue weighted by Crippen LogP contribution is -2.41. The lowest BCUT2D eigenvalue weighted by Gasteiger charge is -2.33. The van der Waals surface area contributed by atoms with E-state index in [1.165, 1.54) is 0 Å². The number of allylic oxidation sites excluding steroid dienone is 2. The number of rotatable bonds is 8. The molecule has 286 valence electrons. The van der Waals surface area contributed by atoms with E-state index in [1.54, 1.807) is 52.2 Å². The van der Waals surface area contributed by atoms with Gasteiger partial charge in [-0.05, 0) is 73.8 Å². The van der Waals surface area contributed by atoms with Crippen LogP contribution < -0.4 is 15.5 Å². The molecule has 6 rings (SSSR count). The average Bonchev–Trinajstić information content (AvgIpc) is 3.60. The molecule has 0 unspecified atom stereocenters. The summed E-state index contributed by atoms with van der Waals surface area (Å²) in [5.41, 5.74) is 10.1. The smallest absolute Gasteiger partial charge is 0.161 e. The molecule has 0 amide bonds. The van der Waals surface area contributed by atoms with Gasteiger partial charge in [0, 0.05) is 66.1 Å². The van der Waals surface area contributed by atoms with Gasteiger partial charge in [0.05, 0.1) is 18.3 Å². The van der Waals surface area contributed by atoms with Crippen molar-refractivity contribution in [1.82, 2.24) is 9.97 Å². The molecule has 3 aliphatic rings. The Morgan fingerprint density at radius 2 is 1.83 bits per heavy atom. The highest BCUT2D eigenvalue weighted by atomic mass is 33.1. The zero-order valence-electron chi connectivity index (χ0n) is 29.9. The van der Waals surface area contributed by atoms with E-state index >= 15 is 0 Å². The minimum absolute atomic E-state index is 0.0733. The number of phenols is 1. The van der Waals surface area contributed by atoms with E-state index in [1.807, 2.05) is 30.4 Å². The molecule has 0 bridgehead atoms.